The summed E-state index contributed by atoms with van der Waals surface area (Å²) in [5.74, 6) is 0. The maximum absolute atomic E-state index is 9.89. The van der Waals surface area contributed by atoms with Crippen LogP contribution in [-0.2, 0) is 4.74 Å². The van der Waals surface area contributed by atoms with Crippen LogP contribution in [-0.4, -0.2) is 28.7 Å². The number of nitrogens with zero attached hydrogens (tertiary/aromatic N) is 2. The molecular formula is C3H5ClN2O5. The summed E-state index contributed by atoms with van der Waals surface area (Å²) in [6, 6.07) is -0.293. The summed E-state index contributed by atoms with van der Waals surface area (Å²) in [4.78, 5) is 17.7. The Kier molecular flexibility index (Phi) is 4.39. The van der Waals surface area contributed by atoms with Gasteiger partial charge in [0.05, 0.1) is 9.85 Å². The second kappa shape index (κ2) is 4.80. The molecule has 0 aliphatic rings. The standard InChI is InChI=1S/C3H5ClN2O5/c4-2-11-1-3(5(7)8)6(9)10/h3H,1-2H2. The molecule has 7 nitrogen and oxygen atoms in total. The molecule has 0 aliphatic carbocycles. The van der Waals surface area contributed by atoms with Gasteiger partial charge in [0.25, 0.3) is 0 Å². The molecule has 0 aromatic heterocycles. The fourth-order valence-corrected chi connectivity index (χ4v) is 0.438. The number of halogens is 1. The molecule has 0 bridgehead atoms. The fraction of sp³-hybridized carbons (Fsp3) is 1.00. The molecule has 0 aromatic rings. The van der Waals surface area contributed by atoms with Crippen molar-refractivity contribution < 1.29 is 14.6 Å². The van der Waals surface area contributed by atoms with E-state index in [0.29, 0.717) is 0 Å². The molecule has 0 aliphatic heterocycles. The molecule has 0 rings (SSSR count). The summed E-state index contributed by atoms with van der Waals surface area (Å²) >= 11 is 4.99. The molecule has 0 atom stereocenters. The highest BCUT2D eigenvalue weighted by Gasteiger charge is 2.31. The lowest BCUT2D eigenvalue weighted by Gasteiger charge is -1.99. The predicted molar refractivity (Wildman–Crippen MR) is 34.4 cm³/mol. The monoisotopic (exact) mass is 184 g/mol. The van der Waals surface area contributed by atoms with E-state index < -0.39 is 22.6 Å². The molecule has 0 aromatic carbocycles. The predicted octanol–water partition coefficient (Wildman–Crippen LogP) is 0.0788. The second-order valence-electron chi connectivity index (χ2n) is 1.53. The number of rotatable bonds is 5. The van der Waals surface area contributed by atoms with Gasteiger partial charge in [-0.05, 0) is 0 Å². The number of hydrogen-bond donors (Lipinski definition) is 0. The van der Waals surface area contributed by atoms with Gasteiger partial charge in [-0.1, -0.05) is 11.6 Å². The minimum absolute atomic E-state index is 0.293. The van der Waals surface area contributed by atoms with E-state index in [4.69, 9.17) is 11.6 Å². The first kappa shape index (κ1) is 10.0. The second-order valence-corrected chi connectivity index (χ2v) is 1.75. The third-order valence-electron chi connectivity index (χ3n) is 0.831. The molecule has 0 saturated heterocycles. The zero-order chi connectivity index (χ0) is 8.85. The van der Waals surface area contributed by atoms with E-state index in [1.165, 1.54) is 0 Å². The molecular weight excluding hydrogens is 179 g/mol. The summed E-state index contributed by atoms with van der Waals surface area (Å²) in [7, 11) is 0. The maximum Gasteiger partial charge on any atom is 0.473 e. The third-order valence-corrected chi connectivity index (χ3v) is 0.985. The number of hydrogen-bond acceptors (Lipinski definition) is 5. The Bertz CT molecular complexity index is 148. The molecule has 0 heterocycles. The van der Waals surface area contributed by atoms with Crippen molar-refractivity contribution >= 4 is 11.6 Å². The van der Waals surface area contributed by atoms with Gasteiger partial charge < -0.3 is 4.74 Å². The van der Waals surface area contributed by atoms with Crippen molar-refractivity contribution in [1.82, 2.24) is 0 Å². The van der Waals surface area contributed by atoms with E-state index in [2.05, 4.69) is 4.74 Å². The van der Waals surface area contributed by atoms with E-state index in [1.54, 1.807) is 0 Å². The Morgan fingerprint density at radius 2 is 1.82 bits per heavy atom. The minimum atomic E-state index is -1.92. The van der Waals surface area contributed by atoms with Gasteiger partial charge in [-0.3, -0.25) is 20.2 Å². The van der Waals surface area contributed by atoms with Gasteiger partial charge in [0.2, 0.25) is 0 Å². The van der Waals surface area contributed by atoms with Gasteiger partial charge >= 0.3 is 6.17 Å². The lowest BCUT2D eigenvalue weighted by atomic mass is 10.6. The highest BCUT2D eigenvalue weighted by Crippen LogP contribution is 1.93. The molecule has 0 unspecified atom stereocenters. The van der Waals surface area contributed by atoms with E-state index in [-0.39, 0.29) is 6.07 Å². The van der Waals surface area contributed by atoms with Gasteiger partial charge in [-0.2, -0.15) is 0 Å². The van der Waals surface area contributed by atoms with Gasteiger partial charge in [0, 0.05) is 0 Å². The molecule has 0 amide bonds. The highest BCUT2D eigenvalue weighted by atomic mass is 35.5. The van der Waals surface area contributed by atoms with E-state index in [0.717, 1.165) is 0 Å². The zero-order valence-electron chi connectivity index (χ0n) is 5.31. The van der Waals surface area contributed by atoms with Crippen LogP contribution in [0, 0.1) is 20.2 Å². The van der Waals surface area contributed by atoms with Crippen LogP contribution in [0.3, 0.4) is 0 Å². The Hall–Kier alpha value is -0.950. The molecule has 64 valence electrons. The smallest absolute Gasteiger partial charge is 0.351 e. The van der Waals surface area contributed by atoms with Crippen molar-refractivity contribution in [3.63, 3.8) is 0 Å². The van der Waals surface area contributed by atoms with Crippen LogP contribution in [0.1, 0.15) is 0 Å². The quantitative estimate of drug-likeness (QED) is 0.261. The topological polar surface area (TPSA) is 95.5 Å². The summed E-state index contributed by atoms with van der Waals surface area (Å²) < 4.78 is 4.30. The SMILES string of the molecule is O=[N+]([O-])C(COCCl)[N+](=O)[O-]. The molecule has 0 fully saturated rings. The summed E-state index contributed by atoms with van der Waals surface area (Å²) in [6.45, 7) is -0.608. The summed E-state index contributed by atoms with van der Waals surface area (Å²) in [5, 5.41) is 19.8. The Balaban J connectivity index is 3.90. The number of ether oxygens (including phenoxy) is 1. The zero-order valence-corrected chi connectivity index (χ0v) is 6.06. The van der Waals surface area contributed by atoms with Gasteiger partial charge in [-0.25, -0.2) is 0 Å². The van der Waals surface area contributed by atoms with Crippen molar-refractivity contribution in [3.05, 3.63) is 20.2 Å². The number of alkyl halides is 1. The van der Waals surface area contributed by atoms with Crippen LogP contribution >= 0.6 is 11.6 Å². The van der Waals surface area contributed by atoms with Crippen LogP contribution in [0.25, 0.3) is 0 Å². The summed E-state index contributed by atoms with van der Waals surface area (Å²) in [5.41, 5.74) is 0. The third kappa shape index (κ3) is 3.68. The van der Waals surface area contributed by atoms with E-state index in [9.17, 15) is 20.2 Å². The van der Waals surface area contributed by atoms with E-state index >= 15 is 0 Å². The maximum atomic E-state index is 9.89. The fourth-order valence-electron chi connectivity index (χ4n) is 0.349. The van der Waals surface area contributed by atoms with E-state index in [1.807, 2.05) is 0 Å². The van der Waals surface area contributed by atoms with Crippen molar-refractivity contribution in [1.29, 1.82) is 0 Å². The van der Waals surface area contributed by atoms with Crippen molar-refractivity contribution in [2.45, 2.75) is 6.17 Å². The Morgan fingerprint density at radius 1 is 1.36 bits per heavy atom. The minimum Gasteiger partial charge on any atom is -0.351 e. The first-order chi connectivity index (χ1) is 5.09. The average molecular weight is 185 g/mol. The Labute approximate surface area is 66.2 Å². The number of nitro groups is 2. The Morgan fingerprint density at radius 3 is 2.09 bits per heavy atom. The van der Waals surface area contributed by atoms with Crippen LogP contribution in [0.5, 0.6) is 0 Å². The normalized spacial score (nSPS) is 10.0. The summed E-state index contributed by atoms with van der Waals surface area (Å²) in [6.07, 6.45) is -1.92. The van der Waals surface area contributed by atoms with Crippen molar-refractivity contribution in [3.8, 4) is 0 Å². The van der Waals surface area contributed by atoms with Crippen LogP contribution in [0.15, 0.2) is 0 Å². The average Bonchev–Trinajstić information content (AvgIpc) is 1.87. The van der Waals surface area contributed by atoms with Gasteiger partial charge in [0.15, 0.2) is 6.61 Å². The lowest BCUT2D eigenvalue weighted by Crippen LogP contribution is -2.33. The molecule has 0 N–H and O–H groups in total. The first-order valence-corrected chi connectivity index (χ1v) is 3.03. The highest BCUT2D eigenvalue weighted by molar-refractivity contribution is 6.17. The molecule has 11 heavy (non-hydrogen) atoms. The molecule has 8 heteroatoms. The molecule has 0 saturated carbocycles. The van der Waals surface area contributed by atoms with Gasteiger partial charge in [0.1, 0.15) is 6.07 Å². The largest absolute Gasteiger partial charge is 0.473 e. The van der Waals surface area contributed by atoms with Gasteiger partial charge in [-0.15, -0.1) is 0 Å². The van der Waals surface area contributed by atoms with Crippen LogP contribution in [0.2, 0.25) is 0 Å². The van der Waals surface area contributed by atoms with Crippen molar-refractivity contribution in [2.75, 3.05) is 12.7 Å². The molecule has 0 spiro atoms. The van der Waals surface area contributed by atoms with Crippen LogP contribution in [0.4, 0.5) is 0 Å². The first-order valence-electron chi connectivity index (χ1n) is 2.50. The lowest BCUT2D eigenvalue weighted by molar-refractivity contribution is -0.744. The van der Waals surface area contributed by atoms with Crippen LogP contribution < -0.4 is 0 Å². The van der Waals surface area contributed by atoms with Crippen molar-refractivity contribution in [2.24, 2.45) is 0 Å². The molecule has 0 radical (unpaired) electrons.